The van der Waals surface area contributed by atoms with E-state index in [1.54, 1.807) is 11.9 Å². The van der Waals surface area contributed by atoms with Gasteiger partial charge < -0.3 is 21.3 Å². The molecule has 1 aliphatic heterocycles. The van der Waals surface area contributed by atoms with Crippen molar-refractivity contribution in [2.24, 2.45) is 5.73 Å². The first-order valence-electron chi connectivity index (χ1n) is 6.55. The molecular weight excluding hydrogens is 262 g/mol. The van der Waals surface area contributed by atoms with E-state index in [-0.39, 0.29) is 11.9 Å². The first kappa shape index (κ1) is 14.1. The first-order chi connectivity index (χ1) is 9.02. The summed E-state index contributed by atoms with van der Waals surface area (Å²) in [6.07, 6.45) is 1.91. The lowest BCUT2D eigenvalue weighted by molar-refractivity contribution is 0.0808. The molecule has 0 radical (unpaired) electrons. The number of amides is 1. The minimum absolute atomic E-state index is 0.0579. The van der Waals surface area contributed by atoms with Crippen molar-refractivity contribution in [1.82, 2.24) is 9.88 Å². The number of rotatable bonds is 3. The lowest BCUT2D eigenvalue weighted by Crippen LogP contribution is -2.39. The number of anilines is 2. The Hall–Kier alpha value is -1.34. The third-order valence-electron chi connectivity index (χ3n) is 3.47. The largest absolute Gasteiger partial charge is 0.382 e. The summed E-state index contributed by atoms with van der Waals surface area (Å²) in [4.78, 5) is 20.8. The van der Waals surface area contributed by atoms with Gasteiger partial charge in [0.15, 0.2) is 5.13 Å². The Labute approximate surface area is 117 Å². The fourth-order valence-corrected chi connectivity index (χ4v) is 3.05. The van der Waals surface area contributed by atoms with Crippen LogP contribution in [0.4, 0.5) is 10.9 Å². The molecule has 1 saturated heterocycles. The Morgan fingerprint density at radius 2 is 2.16 bits per heavy atom. The van der Waals surface area contributed by atoms with E-state index in [4.69, 9.17) is 11.5 Å². The van der Waals surface area contributed by atoms with E-state index in [1.807, 2.05) is 6.92 Å². The summed E-state index contributed by atoms with van der Waals surface area (Å²) in [5, 5.41) is 0.831. The van der Waals surface area contributed by atoms with Crippen LogP contribution in [-0.2, 0) is 0 Å². The van der Waals surface area contributed by atoms with Gasteiger partial charge in [0.05, 0.1) is 0 Å². The van der Waals surface area contributed by atoms with Crippen LogP contribution in [0, 0.1) is 0 Å². The van der Waals surface area contributed by atoms with E-state index in [2.05, 4.69) is 9.88 Å². The molecular formula is C12H21N5OS. The molecule has 0 spiro atoms. The molecule has 1 aliphatic rings. The predicted octanol–water partition coefficient (Wildman–Crippen LogP) is 0.745. The van der Waals surface area contributed by atoms with Gasteiger partial charge in [-0.15, -0.1) is 0 Å². The van der Waals surface area contributed by atoms with Crippen LogP contribution in [0.3, 0.4) is 0 Å². The van der Waals surface area contributed by atoms with Gasteiger partial charge in [0.25, 0.3) is 5.91 Å². The maximum absolute atomic E-state index is 12.1. The van der Waals surface area contributed by atoms with Gasteiger partial charge in [0.2, 0.25) is 0 Å². The predicted molar refractivity (Wildman–Crippen MR) is 78.6 cm³/mol. The van der Waals surface area contributed by atoms with Gasteiger partial charge in [-0.25, -0.2) is 4.98 Å². The third-order valence-corrected chi connectivity index (χ3v) is 4.59. The fraction of sp³-hybridized carbons (Fsp3) is 0.667. The Morgan fingerprint density at radius 1 is 1.53 bits per heavy atom. The van der Waals surface area contributed by atoms with E-state index in [1.165, 1.54) is 11.3 Å². The second-order valence-electron chi connectivity index (χ2n) is 4.85. The molecule has 0 saturated carbocycles. The maximum Gasteiger partial charge on any atom is 0.267 e. The van der Waals surface area contributed by atoms with Crippen molar-refractivity contribution in [3.63, 3.8) is 0 Å². The van der Waals surface area contributed by atoms with Gasteiger partial charge in [0.1, 0.15) is 10.7 Å². The molecule has 1 aromatic heterocycles. The Balaban J connectivity index is 2.14. The van der Waals surface area contributed by atoms with Crippen molar-refractivity contribution in [3.05, 3.63) is 4.88 Å². The zero-order valence-corrected chi connectivity index (χ0v) is 12.2. The number of aromatic nitrogens is 1. The van der Waals surface area contributed by atoms with Gasteiger partial charge in [-0.05, 0) is 19.8 Å². The number of nitrogen functional groups attached to an aromatic ring is 1. The van der Waals surface area contributed by atoms with Crippen LogP contribution >= 0.6 is 11.3 Å². The maximum atomic E-state index is 12.1. The van der Waals surface area contributed by atoms with Crippen LogP contribution in [-0.4, -0.2) is 48.5 Å². The molecule has 0 bridgehead atoms. The lowest BCUT2D eigenvalue weighted by atomic mass is 10.1. The summed E-state index contributed by atoms with van der Waals surface area (Å²) < 4.78 is 0. The summed E-state index contributed by atoms with van der Waals surface area (Å²) in [6.45, 7) is 4.35. The van der Waals surface area contributed by atoms with E-state index in [9.17, 15) is 4.79 Å². The molecule has 1 aromatic rings. The third kappa shape index (κ3) is 2.98. The SMILES string of the molecule is CCN(C)C(=O)c1sc(N2CCC(N)CC2)nc1N. The zero-order valence-electron chi connectivity index (χ0n) is 11.4. The van der Waals surface area contributed by atoms with Gasteiger partial charge in [-0.3, -0.25) is 4.79 Å². The molecule has 19 heavy (non-hydrogen) atoms. The highest BCUT2D eigenvalue weighted by atomic mass is 32.1. The molecule has 0 unspecified atom stereocenters. The average Bonchev–Trinajstić information content (AvgIpc) is 2.80. The van der Waals surface area contributed by atoms with Gasteiger partial charge >= 0.3 is 0 Å². The molecule has 2 rings (SSSR count). The number of hydrogen-bond acceptors (Lipinski definition) is 6. The van der Waals surface area contributed by atoms with Crippen molar-refractivity contribution in [1.29, 1.82) is 0 Å². The van der Waals surface area contributed by atoms with Crippen LogP contribution in [0.1, 0.15) is 29.4 Å². The minimum atomic E-state index is -0.0579. The molecule has 0 atom stereocenters. The summed E-state index contributed by atoms with van der Waals surface area (Å²) in [6, 6.07) is 0.279. The highest BCUT2D eigenvalue weighted by molar-refractivity contribution is 7.18. The Bertz CT molecular complexity index is 453. The number of carbonyl (C=O) groups is 1. The smallest absolute Gasteiger partial charge is 0.267 e. The van der Waals surface area contributed by atoms with Crippen molar-refractivity contribution < 1.29 is 4.79 Å². The molecule has 0 aliphatic carbocycles. The average molecular weight is 283 g/mol. The molecule has 106 valence electrons. The summed E-state index contributed by atoms with van der Waals surface area (Å²) in [5.41, 5.74) is 11.8. The molecule has 1 amide bonds. The minimum Gasteiger partial charge on any atom is -0.382 e. The van der Waals surface area contributed by atoms with Crippen LogP contribution in [0.15, 0.2) is 0 Å². The normalized spacial score (nSPS) is 16.7. The van der Waals surface area contributed by atoms with E-state index in [0.717, 1.165) is 31.1 Å². The number of nitrogens with zero attached hydrogens (tertiary/aromatic N) is 3. The molecule has 7 heteroatoms. The Morgan fingerprint density at radius 3 is 2.74 bits per heavy atom. The van der Waals surface area contributed by atoms with E-state index in [0.29, 0.717) is 17.2 Å². The monoisotopic (exact) mass is 283 g/mol. The van der Waals surface area contributed by atoms with Crippen LogP contribution in [0.5, 0.6) is 0 Å². The second kappa shape index (κ2) is 5.75. The number of nitrogens with two attached hydrogens (primary N) is 2. The van der Waals surface area contributed by atoms with Crippen molar-refractivity contribution in [3.8, 4) is 0 Å². The van der Waals surface area contributed by atoms with Crippen molar-refractivity contribution in [2.45, 2.75) is 25.8 Å². The second-order valence-corrected chi connectivity index (χ2v) is 5.83. The Kier molecular flexibility index (Phi) is 4.26. The number of thiazole rings is 1. The van der Waals surface area contributed by atoms with E-state index < -0.39 is 0 Å². The van der Waals surface area contributed by atoms with E-state index >= 15 is 0 Å². The van der Waals surface area contributed by atoms with Crippen LogP contribution in [0.2, 0.25) is 0 Å². The fourth-order valence-electron chi connectivity index (χ4n) is 2.02. The lowest BCUT2D eigenvalue weighted by Gasteiger charge is -2.29. The number of carbonyl (C=O) groups excluding carboxylic acids is 1. The van der Waals surface area contributed by atoms with Gasteiger partial charge in [-0.2, -0.15) is 0 Å². The topological polar surface area (TPSA) is 88.5 Å². The summed E-state index contributed by atoms with van der Waals surface area (Å²) in [7, 11) is 1.76. The highest BCUT2D eigenvalue weighted by Gasteiger charge is 2.23. The standard InChI is InChI=1S/C12H21N5OS/c1-3-16(2)11(18)9-10(14)15-12(19-9)17-6-4-8(13)5-7-17/h8H,3-7,13-14H2,1-2H3. The molecule has 2 heterocycles. The van der Waals surface area contributed by atoms with Crippen molar-refractivity contribution in [2.75, 3.05) is 37.3 Å². The quantitative estimate of drug-likeness (QED) is 0.854. The zero-order chi connectivity index (χ0) is 14.0. The van der Waals surface area contributed by atoms with Crippen LogP contribution in [0.25, 0.3) is 0 Å². The van der Waals surface area contributed by atoms with Crippen LogP contribution < -0.4 is 16.4 Å². The molecule has 1 fully saturated rings. The highest BCUT2D eigenvalue weighted by Crippen LogP contribution is 2.30. The number of hydrogen-bond donors (Lipinski definition) is 2. The molecule has 0 aromatic carbocycles. The molecule has 4 N–H and O–H groups in total. The first-order valence-corrected chi connectivity index (χ1v) is 7.36. The van der Waals surface area contributed by atoms with Gasteiger partial charge in [0, 0.05) is 32.7 Å². The van der Waals surface area contributed by atoms with Crippen molar-refractivity contribution >= 4 is 28.2 Å². The number of piperidine rings is 1. The molecule has 6 nitrogen and oxygen atoms in total. The van der Waals surface area contributed by atoms with Gasteiger partial charge in [-0.1, -0.05) is 11.3 Å². The summed E-state index contributed by atoms with van der Waals surface area (Å²) in [5.74, 6) is 0.276. The summed E-state index contributed by atoms with van der Waals surface area (Å²) >= 11 is 1.38.